The van der Waals surface area contributed by atoms with E-state index in [-0.39, 0.29) is 18.6 Å². The Morgan fingerprint density at radius 1 is 1.42 bits per heavy atom. The van der Waals surface area contributed by atoms with Gasteiger partial charge in [0.25, 0.3) is 0 Å². The maximum Gasteiger partial charge on any atom is 0.250 e. The zero-order chi connectivity index (χ0) is 14.7. The van der Waals surface area contributed by atoms with E-state index < -0.39 is 10.0 Å². The van der Waals surface area contributed by atoms with Gasteiger partial charge in [-0.2, -0.15) is 0 Å². The second kappa shape index (κ2) is 6.67. The molecule has 0 aliphatic rings. The van der Waals surface area contributed by atoms with E-state index in [2.05, 4.69) is 20.7 Å². The fourth-order valence-corrected chi connectivity index (χ4v) is 5.09. The Balaban J connectivity index is 2.86. The number of aliphatic hydroxyl groups excluding tert-OH is 1. The van der Waals surface area contributed by atoms with Gasteiger partial charge in [0.05, 0.1) is 3.79 Å². The molecule has 0 aliphatic heterocycles. The number of aliphatic hydroxyl groups is 1. The summed E-state index contributed by atoms with van der Waals surface area (Å²) in [5.41, 5.74) is 0.529. The lowest BCUT2D eigenvalue weighted by Gasteiger charge is -2.29. The third kappa shape index (κ3) is 4.01. The van der Waals surface area contributed by atoms with Crippen LogP contribution in [0.4, 0.5) is 0 Å². The fraction of sp³-hybridized carbons (Fsp3) is 0.667. The third-order valence-corrected chi connectivity index (χ3v) is 7.58. The molecule has 0 fully saturated rings. The van der Waals surface area contributed by atoms with Crippen LogP contribution in [0.3, 0.4) is 0 Å². The Bertz CT molecular complexity index is 493. The highest BCUT2D eigenvalue weighted by Gasteiger charge is 2.28. The standard InChI is InChI=1S/C12H20BrNO3S2/c1-4-12(5-2,8-15)7-14-19(16,17)10-6-9(3)11(13)18-10/h6,14-15H,4-5,7-8H2,1-3H3. The van der Waals surface area contributed by atoms with Gasteiger partial charge in [-0.05, 0) is 47.3 Å². The van der Waals surface area contributed by atoms with Crippen LogP contribution in [0.5, 0.6) is 0 Å². The average Bonchev–Trinajstić information content (AvgIpc) is 2.73. The molecule has 110 valence electrons. The Labute approximate surface area is 127 Å². The summed E-state index contributed by atoms with van der Waals surface area (Å²) in [6.45, 7) is 6.01. The number of rotatable bonds is 7. The molecule has 0 radical (unpaired) electrons. The summed E-state index contributed by atoms with van der Waals surface area (Å²) in [7, 11) is -3.50. The molecule has 0 spiro atoms. The number of hydrogen-bond donors (Lipinski definition) is 2. The van der Waals surface area contributed by atoms with Gasteiger partial charge in [0.2, 0.25) is 10.0 Å². The van der Waals surface area contributed by atoms with E-state index in [9.17, 15) is 13.5 Å². The van der Waals surface area contributed by atoms with Crippen LogP contribution in [0.2, 0.25) is 0 Å². The van der Waals surface area contributed by atoms with Crippen molar-refractivity contribution in [3.05, 3.63) is 15.4 Å². The normalized spacial score (nSPS) is 12.9. The first-order valence-electron chi connectivity index (χ1n) is 6.16. The molecule has 19 heavy (non-hydrogen) atoms. The van der Waals surface area contributed by atoms with E-state index in [4.69, 9.17) is 0 Å². The van der Waals surface area contributed by atoms with Gasteiger partial charge in [-0.25, -0.2) is 13.1 Å². The van der Waals surface area contributed by atoms with Gasteiger partial charge in [0.15, 0.2) is 0 Å². The smallest absolute Gasteiger partial charge is 0.250 e. The van der Waals surface area contributed by atoms with Crippen molar-refractivity contribution in [1.29, 1.82) is 0 Å². The first kappa shape index (κ1) is 17.1. The zero-order valence-corrected chi connectivity index (χ0v) is 14.6. The Morgan fingerprint density at radius 3 is 2.37 bits per heavy atom. The quantitative estimate of drug-likeness (QED) is 0.776. The lowest BCUT2D eigenvalue weighted by Crippen LogP contribution is -2.39. The van der Waals surface area contributed by atoms with Crippen LogP contribution < -0.4 is 4.72 Å². The van der Waals surface area contributed by atoms with Crippen LogP contribution in [0.15, 0.2) is 14.1 Å². The number of nitrogens with one attached hydrogen (secondary N) is 1. The van der Waals surface area contributed by atoms with Crippen molar-refractivity contribution in [2.75, 3.05) is 13.2 Å². The summed E-state index contributed by atoms with van der Waals surface area (Å²) >= 11 is 4.52. The van der Waals surface area contributed by atoms with E-state index in [0.717, 1.165) is 22.2 Å². The maximum absolute atomic E-state index is 12.2. The van der Waals surface area contributed by atoms with Gasteiger partial charge in [-0.15, -0.1) is 11.3 Å². The van der Waals surface area contributed by atoms with Gasteiger partial charge in [-0.1, -0.05) is 13.8 Å². The summed E-state index contributed by atoms with van der Waals surface area (Å²) < 4.78 is 28.1. The van der Waals surface area contributed by atoms with Crippen LogP contribution in [-0.4, -0.2) is 26.7 Å². The Morgan fingerprint density at radius 2 is 2.00 bits per heavy atom. The summed E-state index contributed by atoms with van der Waals surface area (Å²) in [6, 6.07) is 1.65. The van der Waals surface area contributed by atoms with Crippen LogP contribution in [0.1, 0.15) is 32.3 Å². The van der Waals surface area contributed by atoms with Crippen molar-refractivity contribution < 1.29 is 13.5 Å². The van der Waals surface area contributed by atoms with Crippen molar-refractivity contribution in [1.82, 2.24) is 4.72 Å². The second-order valence-electron chi connectivity index (χ2n) is 4.71. The van der Waals surface area contributed by atoms with Crippen LogP contribution in [0.25, 0.3) is 0 Å². The van der Waals surface area contributed by atoms with Gasteiger partial charge in [0.1, 0.15) is 4.21 Å². The van der Waals surface area contributed by atoms with Crippen LogP contribution >= 0.6 is 27.3 Å². The largest absolute Gasteiger partial charge is 0.396 e. The molecule has 1 rings (SSSR count). The van der Waals surface area contributed by atoms with E-state index >= 15 is 0 Å². The number of halogens is 1. The minimum Gasteiger partial charge on any atom is -0.396 e. The fourth-order valence-electron chi connectivity index (χ4n) is 1.66. The lowest BCUT2D eigenvalue weighted by molar-refractivity contribution is 0.119. The molecule has 0 bridgehead atoms. The number of hydrogen-bond acceptors (Lipinski definition) is 4. The zero-order valence-electron chi connectivity index (χ0n) is 11.4. The highest BCUT2D eigenvalue weighted by Crippen LogP contribution is 2.31. The monoisotopic (exact) mass is 369 g/mol. The highest BCUT2D eigenvalue weighted by molar-refractivity contribution is 9.11. The predicted molar refractivity (Wildman–Crippen MR) is 82.0 cm³/mol. The molecule has 2 N–H and O–H groups in total. The molecule has 1 aromatic heterocycles. The molecule has 7 heteroatoms. The first-order chi connectivity index (χ1) is 8.80. The minimum atomic E-state index is -3.50. The van der Waals surface area contributed by atoms with Gasteiger partial charge >= 0.3 is 0 Å². The van der Waals surface area contributed by atoms with Crippen molar-refractivity contribution in [3.63, 3.8) is 0 Å². The van der Waals surface area contributed by atoms with Crippen molar-refractivity contribution >= 4 is 37.3 Å². The molecule has 1 heterocycles. The predicted octanol–water partition coefficient (Wildman–Crippen LogP) is 2.90. The van der Waals surface area contributed by atoms with Crippen LogP contribution in [-0.2, 0) is 10.0 Å². The molecule has 0 aliphatic carbocycles. The van der Waals surface area contributed by atoms with Crippen LogP contribution in [0, 0.1) is 12.3 Å². The van der Waals surface area contributed by atoms with Gasteiger partial charge in [-0.3, -0.25) is 0 Å². The third-order valence-electron chi connectivity index (χ3n) is 3.57. The second-order valence-corrected chi connectivity index (χ2v) is 9.08. The molecular formula is C12H20BrNO3S2. The SMILES string of the molecule is CCC(CC)(CO)CNS(=O)(=O)c1cc(C)c(Br)s1. The maximum atomic E-state index is 12.2. The van der Waals surface area contributed by atoms with E-state index in [1.165, 1.54) is 11.3 Å². The molecule has 0 amide bonds. The molecule has 4 nitrogen and oxygen atoms in total. The first-order valence-corrected chi connectivity index (χ1v) is 9.26. The highest BCUT2D eigenvalue weighted by atomic mass is 79.9. The molecule has 0 aromatic carbocycles. The molecule has 0 atom stereocenters. The Hall–Kier alpha value is 0.0500. The van der Waals surface area contributed by atoms with Crippen molar-refractivity contribution in [2.24, 2.45) is 5.41 Å². The molecular weight excluding hydrogens is 350 g/mol. The molecule has 1 aromatic rings. The number of thiophene rings is 1. The topological polar surface area (TPSA) is 66.4 Å². The molecule has 0 unspecified atom stereocenters. The summed E-state index contributed by atoms with van der Waals surface area (Å²) in [6.07, 6.45) is 1.46. The lowest BCUT2D eigenvalue weighted by atomic mass is 9.84. The van der Waals surface area contributed by atoms with Crippen molar-refractivity contribution in [2.45, 2.75) is 37.8 Å². The van der Waals surface area contributed by atoms with E-state index in [1.54, 1.807) is 6.07 Å². The molecule has 0 saturated heterocycles. The Kier molecular flexibility index (Phi) is 6.00. The van der Waals surface area contributed by atoms with E-state index in [1.807, 2.05) is 20.8 Å². The van der Waals surface area contributed by atoms with Gasteiger partial charge in [0, 0.05) is 18.6 Å². The summed E-state index contributed by atoms with van der Waals surface area (Å²) in [5, 5.41) is 9.45. The minimum absolute atomic E-state index is 0.0182. The van der Waals surface area contributed by atoms with Crippen molar-refractivity contribution in [3.8, 4) is 0 Å². The van der Waals surface area contributed by atoms with Gasteiger partial charge < -0.3 is 5.11 Å². The summed E-state index contributed by atoms with van der Waals surface area (Å²) in [4.78, 5) is 0. The summed E-state index contributed by atoms with van der Waals surface area (Å²) in [5.74, 6) is 0. The molecule has 0 saturated carbocycles. The number of aryl methyl sites for hydroxylation is 1. The number of sulfonamides is 1. The van der Waals surface area contributed by atoms with E-state index in [0.29, 0.717) is 4.21 Å². The average molecular weight is 370 g/mol.